The second-order valence-corrected chi connectivity index (χ2v) is 4.88. The van der Waals surface area contributed by atoms with Gasteiger partial charge >= 0.3 is 0 Å². The van der Waals surface area contributed by atoms with Gasteiger partial charge in [0.25, 0.3) is 0 Å². The molecule has 0 amide bonds. The molecule has 5 heteroatoms. The SMILES string of the molecule is Nc1cc(F)ccc1CSc1ccc(Cl)cn1. The van der Waals surface area contributed by atoms with E-state index in [4.69, 9.17) is 17.3 Å². The minimum absolute atomic E-state index is 0.319. The van der Waals surface area contributed by atoms with Crippen LogP contribution in [0.5, 0.6) is 0 Å². The van der Waals surface area contributed by atoms with Crippen molar-refractivity contribution in [1.82, 2.24) is 4.98 Å². The van der Waals surface area contributed by atoms with Crippen LogP contribution in [0.25, 0.3) is 0 Å². The fraction of sp³-hybridized carbons (Fsp3) is 0.0833. The molecular weight excluding hydrogens is 259 g/mol. The number of rotatable bonds is 3. The van der Waals surface area contributed by atoms with Gasteiger partial charge in [0.2, 0.25) is 0 Å². The van der Waals surface area contributed by atoms with Crippen LogP contribution < -0.4 is 5.73 Å². The van der Waals surface area contributed by atoms with Gasteiger partial charge in [-0.1, -0.05) is 17.7 Å². The van der Waals surface area contributed by atoms with Crippen LogP contribution in [0.1, 0.15) is 5.56 Å². The average Bonchev–Trinajstić information content (AvgIpc) is 2.30. The third-order valence-corrected chi connectivity index (χ3v) is 3.40. The number of benzene rings is 1. The Labute approximate surface area is 108 Å². The van der Waals surface area contributed by atoms with Crippen molar-refractivity contribution in [1.29, 1.82) is 0 Å². The molecule has 0 fully saturated rings. The molecule has 0 bridgehead atoms. The quantitative estimate of drug-likeness (QED) is 0.681. The van der Waals surface area contributed by atoms with Crippen molar-refractivity contribution in [2.75, 3.05) is 5.73 Å². The van der Waals surface area contributed by atoms with E-state index in [1.165, 1.54) is 23.9 Å². The number of pyridine rings is 1. The van der Waals surface area contributed by atoms with Gasteiger partial charge in [-0.25, -0.2) is 9.37 Å². The van der Waals surface area contributed by atoms with Gasteiger partial charge in [-0.15, -0.1) is 11.8 Å². The Morgan fingerprint density at radius 2 is 2.12 bits per heavy atom. The molecule has 1 aromatic carbocycles. The first-order valence-electron chi connectivity index (χ1n) is 4.93. The average molecular weight is 269 g/mol. The van der Waals surface area contributed by atoms with Gasteiger partial charge in [0.1, 0.15) is 5.82 Å². The second-order valence-electron chi connectivity index (χ2n) is 3.45. The van der Waals surface area contributed by atoms with Gasteiger partial charge in [0.05, 0.1) is 10.0 Å². The molecule has 88 valence electrons. The molecule has 0 aliphatic carbocycles. The normalized spacial score (nSPS) is 10.5. The van der Waals surface area contributed by atoms with E-state index in [1.54, 1.807) is 18.3 Å². The molecule has 0 spiro atoms. The first-order chi connectivity index (χ1) is 8.15. The van der Waals surface area contributed by atoms with Crippen LogP contribution in [0.15, 0.2) is 41.6 Å². The summed E-state index contributed by atoms with van der Waals surface area (Å²) in [5.74, 6) is 0.335. The zero-order chi connectivity index (χ0) is 12.3. The molecule has 1 aromatic heterocycles. The van der Waals surface area contributed by atoms with E-state index in [-0.39, 0.29) is 5.82 Å². The van der Waals surface area contributed by atoms with Crippen molar-refractivity contribution >= 4 is 29.1 Å². The number of hydrogen-bond acceptors (Lipinski definition) is 3. The Kier molecular flexibility index (Phi) is 3.86. The highest BCUT2D eigenvalue weighted by Crippen LogP contribution is 2.25. The maximum absolute atomic E-state index is 12.8. The van der Waals surface area contributed by atoms with Gasteiger partial charge in [0, 0.05) is 17.6 Å². The van der Waals surface area contributed by atoms with Crippen LogP contribution in [0, 0.1) is 5.82 Å². The summed E-state index contributed by atoms with van der Waals surface area (Å²) in [7, 11) is 0. The summed E-state index contributed by atoms with van der Waals surface area (Å²) < 4.78 is 12.8. The third kappa shape index (κ3) is 3.35. The highest BCUT2D eigenvalue weighted by atomic mass is 35.5. The maximum atomic E-state index is 12.8. The highest BCUT2D eigenvalue weighted by molar-refractivity contribution is 7.98. The number of aromatic nitrogens is 1. The first kappa shape index (κ1) is 12.2. The Bertz CT molecular complexity index is 516. The summed E-state index contributed by atoms with van der Waals surface area (Å²) in [6.07, 6.45) is 1.60. The molecule has 2 aromatic rings. The summed E-state index contributed by atoms with van der Waals surface area (Å²) in [4.78, 5) is 4.16. The number of hydrogen-bond donors (Lipinski definition) is 1. The monoisotopic (exact) mass is 268 g/mol. The summed E-state index contributed by atoms with van der Waals surface area (Å²) in [6.45, 7) is 0. The molecule has 1 heterocycles. The Morgan fingerprint density at radius 3 is 2.76 bits per heavy atom. The van der Waals surface area contributed by atoms with E-state index < -0.39 is 0 Å². The molecule has 0 saturated carbocycles. The van der Waals surface area contributed by atoms with Gasteiger partial charge in [-0.05, 0) is 29.8 Å². The van der Waals surface area contributed by atoms with Crippen LogP contribution in [0.4, 0.5) is 10.1 Å². The molecule has 17 heavy (non-hydrogen) atoms. The molecule has 0 atom stereocenters. The molecule has 2 rings (SSSR count). The number of nitrogens with zero attached hydrogens (tertiary/aromatic N) is 1. The van der Waals surface area contributed by atoms with Crippen LogP contribution in [0.3, 0.4) is 0 Å². The van der Waals surface area contributed by atoms with E-state index in [0.29, 0.717) is 16.5 Å². The Hall–Kier alpha value is -1.26. The smallest absolute Gasteiger partial charge is 0.125 e. The standard InChI is InChI=1S/C12H10ClFN2S/c13-9-2-4-12(16-6-9)17-7-8-1-3-10(14)5-11(8)15/h1-6H,7,15H2. The summed E-state index contributed by atoms with van der Waals surface area (Å²) >= 11 is 7.27. The van der Waals surface area contributed by atoms with Crippen molar-refractivity contribution < 1.29 is 4.39 Å². The predicted octanol–water partition coefficient (Wildman–Crippen LogP) is 3.75. The van der Waals surface area contributed by atoms with Gasteiger partial charge < -0.3 is 5.73 Å². The topological polar surface area (TPSA) is 38.9 Å². The van der Waals surface area contributed by atoms with Gasteiger partial charge in [0.15, 0.2) is 0 Å². The van der Waals surface area contributed by atoms with E-state index in [1.807, 2.05) is 6.07 Å². The van der Waals surface area contributed by atoms with Gasteiger partial charge in [-0.2, -0.15) is 0 Å². The molecule has 0 unspecified atom stereocenters. The lowest BCUT2D eigenvalue weighted by molar-refractivity contribution is 0.628. The zero-order valence-corrected chi connectivity index (χ0v) is 10.4. The summed E-state index contributed by atoms with van der Waals surface area (Å²) in [6, 6.07) is 8.04. The Morgan fingerprint density at radius 1 is 1.29 bits per heavy atom. The largest absolute Gasteiger partial charge is 0.398 e. The molecule has 0 aliphatic heterocycles. The summed E-state index contributed by atoms with van der Waals surface area (Å²) in [5, 5.41) is 1.47. The van der Waals surface area contributed by atoms with E-state index in [9.17, 15) is 4.39 Å². The lowest BCUT2D eigenvalue weighted by atomic mass is 10.2. The minimum Gasteiger partial charge on any atom is -0.398 e. The number of anilines is 1. The number of halogens is 2. The van der Waals surface area contributed by atoms with E-state index in [2.05, 4.69) is 4.98 Å². The first-order valence-corrected chi connectivity index (χ1v) is 6.30. The predicted molar refractivity (Wildman–Crippen MR) is 69.6 cm³/mol. The van der Waals surface area contributed by atoms with Crippen molar-refractivity contribution in [3.8, 4) is 0 Å². The Balaban J connectivity index is 2.04. The minimum atomic E-state index is -0.319. The fourth-order valence-electron chi connectivity index (χ4n) is 1.30. The third-order valence-electron chi connectivity index (χ3n) is 2.18. The van der Waals surface area contributed by atoms with Crippen molar-refractivity contribution in [2.45, 2.75) is 10.8 Å². The van der Waals surface area contributed by atoms with E-state index in [0.717, 1.165) is 10.6 Å². The molecule has 0 saturated heterocycles. The van der Waals surface area contributed by atoms with Crippen LogP contribution in [-0.4, -0.2) is 4.98 Å². The molecule has 2 N–H and O–H groups in total. The maximum Gasteiger partial charge on any atom is 0.125 e. The van der Waals surface area contributed by atoms with Crippen LogP contribution >= 0.6 is 23.4 Å². The molecule has 0 aliphatic rings. The van der Waals surface area contributed by atoms with E-state index >= 15 is 0 Å². The molecule has 0 radical (unpaired) electrons. The lowest BCUT2D eigenvalue weighted by Gasteiger charge is -2.05. The summed E-state index contributed by atoms with van der Waals surface area (Å²) in [5.41, 5.74) is 7.08. The van der Waals surface area contributed by atoms with Crippen molar-refractivity contribution in [3.63, 3.8) is 0 Å². The van der Waals surface area contributed by atoms with Gasteiger partial charge in [-0.3, -0.25) is 0 Å². The second kappa shape index (κ2) is 5.38. The van der Waals surface area contributed by atoms with Crippen molar-refractivity contribution in [2.24, 2.45) is 0 Å². The number of thioether (sulfide) groups is 1. The number of nitrogens with two attached hydrogens (primary N) is 1. The molecule has 2 nitrogen and oxygen atoms in total. The fourth-order valence-corrected chi connectivity index (χ4v) is 2.27. The zero-order valence-electron chi connectivity index (χ0n) is 8.86. The lowest BCUT2D eigenvalue weighted by Crippen LogP contribution is -1.93. The molecular formula is C12H10ClFN2S. The highest BCUT2D eigenvalue weighted by Gasteiger charge is 2.02. The van der Waals surface area contributed by atoms with Crippen molar-refractivity contribution in [3.05, 3.63) is 52.9 Å². The van der Waals surface area contributed by atoms with Crippen LogP contribution in [0.2, 0.25) is 5.02 Å². The van der Waals surface area contributed by atoms with Crippen LogP contribution in [-0.2, 0) is 5.75 Å². The number of nitrogen functional groups attached to an aromatic ring is 1.